The van der Waals surface area contributed by atoms with Gasteiger partial charge in [-0.2, -0.15) is 0 Å². The van der Waals surface area contributed by atoms with Gasteiger partial charge in [-0.25, -0.2) is 4.39 Å². The maximum Gasteiger partial charge on any atom is 0.313 e. The van der Waals surface area contributed by atoms with Crippen LogP contribution in [-0.4, -0.2) is 53.2 Å². The van der Waals surface area contributed by atoms with E-state index in [1.807, 2.05) is 0 Å². The second-order valence-corrected chi connectivity index (χ2v) is 6.51. The maximum absolute atomic E-state index is 13.1. The van der Waals surface area contributed by atoms with Crippen LogP contribution in [0.25, 0.3) is 0 Å². The molecule has 1 aromatic carbocycles. The van der Waals surface area contributed by atoms with Gasteiger partial charge in [0.25, 0.3) is 0 Å². The van der Waals surface area contributed by atoms with E-state index in [2.05, 4.69) is 5.32 Å². The highest BCUT2D eigenvalue weighted by atomic mass is 35.5. The van der Waals surface area contributed by atoms with Gasteiger partial charge in [0.1, 0.15) is 11.9 Å². The van der Waals surface area contributed by atoms with Crippen molar-refractivity contribution in [2.24, 2.45) is 0 Å². The van der Waals surface area contributed by atoms with E-state index in [1.54, 1.807) is 0 Å². The van der Waals surface area contributed by atoms with E-state index in [-0.39, 0.29) is 23.5 Å². The molecule has 0 radical (unpaired) electrons. The molecular formula is C16H17ClFN3O3. The van der Waals surface area contributed by atoms with Crippen molar-refractivity contribution < 1.29 is 18.8 Å². The van der Waals surface area contributed by atoms with Crippen LogP contribution in [-0.2, 0) is 20.9 Å². The monoisotopic (exact) mass is 353 g/mol. The molecule has 2 unspecified atom stereocenters. The quantitative estimate of drug-likeness (QED) is 0.804. The SMILES string of the molecule is CN(Cc1ccc(F)cc1Cl)C(=O)C(=O)N1C2CCC1C(=O)NC2. The molecule has 0 aliphatic carbocycles. The lowest BCUT2D eigenvalue weighted by atomic mass is 10.2. The highest BCUT2D eigenvalue weighted by Gasteiger charge is 2.46. The zero-order chi connectivity index (χ0) is 17.4. The molecule has 2 fully saturated rings. The summed E-state index contributed by atoms with van der Waals surface area (Å²) in [6.45, 7) is 0.459. The highest BCUT2D eigenvalue weighted by Crippen LogP contribution is 2.28. The minimum absolute atomic E-state index is 0.0824. The average Bonchev–Trinajstić information content (AvgIpc) is 2.88. The van der Waals surface area contributed by atoms with E-state index in [1.165, 1.54) is 29.0 Å². The molecule has 8 heteroatoms. The molecular weight excluding hydrogens is 337 g/mol. The third kappa shape index (κ3) is 2.96. The van der Waals surface area contributed by atoms with E-state index in [0.29, 0.717) is 24.9 Å². The van der Waals surface area contributed by atoms with E-state index in [4.69, 9.17) is 11.6 Å². The molecule has 128 valence electrons. The molecule has 0 saturated carbocycles. The summed E-state index contributed by atoms with van der Waals surface area (Å²) in [5.74, 6) is -2.07. The van der Waals surface area contributed by atoms with Crippen molar-refractivity contribution in [1.82, 2.24) is 15.1 Å². The molecule has 1 aromatic rings. The first kappa shape index (κ1) is 16.7. The second kappa shape index (κ2) is 6.39. The summed E-state index contributed by atoms with van der Waals surface area (Å²) in [5, 5.41) is 2.93. The van der Waals surface area contributed by atoms with Crippen molar-refractivity contribution in [3.63, 3.8) is 0 Å². The Bertz CT molecular complexity index is 712. The Morgan fingerprint density at radius 2 is 2.17 bits per heavy atom. The minimum atomic E-state index is -0.706. The van der Waals surface area contributed by atoms with Crippen LogP contribution >= 0.6 is 11.6 Å². The molecule has 2 bridgehead atoms. The van der Waals surface area contributed by atoms with Crippen molar-refractivity contribution in [2.75, 3.05) is 13.6 Å². The number of likely N-dealkylation sites (N-methyl/N-ethyl adjacent to an activating group) is 1. The van der Waals surface area contributed by atoms with Crippen LogP contribution in [0.4, 0.5) is 4.39 Å². The lowest BCUT2D eigenvalue weighted by molar-refractivity contribution is -0.156. The van der Waals surface area contributed by atoms with Gasteiger partial charge in [0.15, 0.2) is 0 Å². The Hall–Kier alpha value is -2.15. The van der Waals surface area contributed by atoms with Gasteiger partial charge >= 0.3 is 11.8 Å². The Labute approximate surface area is 143 Å². The summed E-state index contributed by atoms with van der Waals surface area (Å²) < 4.78 is 13.1. The zero-order valence-corrected chi connectivity index (χ0v) is 13.8. The van der Waals surface area contributed by atoms with Gasteiger partial charge in [-0.05, 0) is 30.5 Å². The summed E-state index contributed by atoms with van der Waals surface area (Å²) in [5.41, 5.74) is 0.543. The zero-order valence-electron chi connectivity index (χ0n) is 13.1. The molecule has 0 spiro atoms. The number of nitrogens with zero attached hydrogens (tertiary/aromatic N) is 2. The molecule has 2 aliphatic heterocycles. The maximum atomic E-state index is 13.1. The molecule has 2 atom stereocenters. The second-order valence-electron chi connectivity index (χ2n) is 6.10. The van der Waals surface area contributed by atoms with Gasteiger partial charge in [0.05, 0.1) is 6.04 Å². The Balaban J connectivity index is 1.71. The predicted octanol–water partition coefficient (Wildman–Crippen LogP) is 0.927. The third-order valence-corrected chi connectivity index (χ3v) is 4.86. The van der Waals surface area contributed by atoms with Crippen LogP contribution in [0.15, 0.2) is 18.2 Å². The summed E-state index contributed by atoms with van der Waals surface area (Å²) >= 11 is 5.96. The van der Waals surface area contributed by atoms with Gasteiger partial charge in [0.2, 0.25) is 5.91 Å². The van der Waals surface area contributed by atoms with E-state index in [0.717, 1.165) is 6.07 Å². The fraction of sp³-hybridized carbons (Fsp3) is 0.438. The molecule has 3 rings (SSSR count). The first-order valence-electron chi connectivity index (χ1n) is 7.68. The third-order valence-electron chi connectivity index (χ3n) is 4.50. The largest absolute Gasteiger partial charge is 0.352 e. The van der Waals surface area contributed by atoms with Crippen molar-refractivity contribution >= 4 is 29.3 Å². The molecule has 1 N–H and O–H groups in total. The van der Waals surface area contributed by atoms with Crippen molar-refractivity contribution in [1.29, 1.82) is 0 Å². The van der Waals surface area contributed by atoms with Gasteiger partial charge in [-0.1, -0.05) is 17.7 Å². The van der Waals surface area contributed by atoms with Gasteiger partial charge in [0, 0.05) is 25.2 Å². The van der Waals surface area contributed by atoms with Crippen LogP contribution in [0.1, 0.15) is 18.4 Å². The molecule has 24 heavy (non-hydrogen) atoms. The van der Waals surface area contributed by atoms with Crippen molar-refractivity contribution in [3.8, 4) is 0 Å². The Morgan fingerprint density at radius 1 is 1.42 bits per heavy atom. The predicted molar refractivity (Wildman–Crippen MR) is 84.5 cm³/mol. The summed E-state index contributed by atoms with van der Waals surface area (Å²) in [7, 11) is 1.48. The highest BCUT2D eigenvalue weighted by molar-refractivity contribution is 6.35. The number of fused-ring (bicyclic) bond motifs is 2. The standard InChI is InChI=1S/C16H17ClFN3O3/c1-20(8-9-2-3-10(18)6-12(9)17)15(23)16(24)21-11-4-5-13(21)14(22)19-7-11/h2-3,6,11,13H,4-5,7-8H2,1H3,(H,19,22). The fourth-order valence-electron chi connectivity index (χ4n) is 3.24. The van der Waals surface area contributed by atoms with Crippen molar-refractivity contribution in [3.05, 3.63) is 34.6 Å². The summed E-state index contributed by atoms with van der Waals surface area (Å²) in [4.78, 5) is 39.4. The topological polar surface area (TPSA) is 69.7 Å². The lowest BCUT2D eigenvalue weighted by Gasteiger charge is -2.34. The molecule has 2 aliphatic rings. The van der Waals surface area contributed by atoms with Gasteiger partial charge < -0.3 is 15.1 Å². The Kier molecular flexibility index (Phi) is 4.45. The van der Waals surface area contributed by atoms with E-state index < -0.39 is 23.7 Å². The van der Waals surface area contributed by atoms with Crippen molar-refractivity contribution in [2.45, 2.75) is 31.5 Å². The smallest absolute Gasteiger partial charge is 0.313 e. The van der Waals surface area contributed by atoms with Crippen LogP contribution in [0.2, 0.25) is 5.02 Å². The minimum Gasteiger partial charge on any atom is -0.352 e. The average molecular weight is 354 g/mol. The normalized spacial score (nSPS) is 22.3. The molecule has 2 heterocycles. The number of benzene rings is 1. The lowest BCUT2D eigenvalue weighted by Crippen LogP contribution is -2.60. The number of hydrogen-bond acceptors (Lipinski definition) is 3. The van der Waals surface area contributed by atoms with Crippen LogP contribution in [0.5, 0.6) is 0 Å². The van der Waals surface area contributed by atoms with Gasteiger partial charge in [-0.3, -0.25) is 14.4 Å². The first-order chi connectivity index (χ1) is 11.4. The molecule has 6 nitrogen and oxygen atoms in total. The van der Waals surface area contributed by atoms with E-state index >= 15 is 0 Å². The van der Waals surface area contributed by atoms with Crippen LogP contribution in [0, 0.1) is 5.82 Å². The number of amides is 3. The number of halogens is 2. The number of piperazine rings is 1. The molecule has 0 aromatic heterocycles. The Morgan fingerprint density at radius 3 is 2.88 bits per heavy atom. The number of rotatable bonds is 2. The number of carbonyl (C=O) groups excluding carboxylic acids is 3. The van der Waals surface area contributed by atoms with Gasteiger partial charge in [-0.15, -0.1) is 0 Å². The molecule has 2 saturated heterocycles. The van der Waals surface area contributed by atoms with Crippen LogP contribution < -0.4 is 5.32 Å². The first-order valence-corrected chi connectivity index (χ1v) is 8.05. The van der Waals surface area contributed by atoms with Crippen LogP contribution in [0.3, 0.4) is 0 Å². The number of hydrogen-bond donors (Lipinski definition) is 1. The molecule has 3 amide bonds. The summed E-state index contributed by atoms with van der Waals surface area (Å²) in [6, 6.07) is 3.18. The summed E-state index contributed by atoms with van der Waals surface area (Å²) in [6.07, 6.45) is 1.28. The number of nitrogens with one attached hydrogen (secondary N) is 1. The van der Waals surface area contributed by atoms with E-state index in [9.17, 15) is 18.8 Å². The number of carbonyl (C=O) groups is 3. The fourth-order valence-corrected chi connectivity index (χ4v) is 3.46.